The van der Waals surface area contributed by atoms with Crippen LogP contribution in [0.15, 0.2) is 54.9 Å². The van der Waals surface area contributed by atoms with Crippen LogP contribution in [0.2, 0.25) is 0 Å². The van der Waals surface area contributed by atoms with Crippen molar-refractivity contribution >= 4 is 17.7 Å². The Balaban J connectivity index is 1.40. The fourth-order valence-electron chi connectivity index (χ4n) is 6.12. The number of carbonyl (C=O) groups is 2. The monoisotopic (exact) mass is 578 g/mol. The number of alkyl carbamates (subject to hydrolysis) is 1. The zero-order valence-corrected chi connectivity index (χ0v) is 24.1. The molecule has 1 saturated heterocycles. The Morgan fingerprint density at radius 3 is 2.69 bits per heavy atom. The molecule has 42 heavy (non-hydrogen) atoms. The molecule has 11 heteroatoms. The number of nitrogens with one attached hydrogen (secondary N) is 3. The van der Waals surface area contributed by atoms with Crippen molar-refractivity contribution in [3.8, 4) is 17.0 Å². The quantitative estimate of drug-likeness (QED) is 0.344. The zero-order chi connectivity index (χ0) is 29.5. The number of para-hydroxylation sites is 1. The van der Waals surface area contributed by atoms with E-state index in [0.717, 1.165) is 36.9 Å². The second kappa shape index (κ2) is 13.7. The van der Waals surface area contributed by atoms with Gasteiger partial charge in [0.15, 0.2) is 17.3 Å². The summed E-state index contributed by atoms with van der Waals surface area (Å²) >= 11 is 0. The van der Waals surface area contributed by atoms with Crippen molar-refractivity contribution in [1.29, 1.82) is 0 Å². The van der Waals surface area contributed by atoms with Gasteiger partial charge in [-0.2, -0.15) is 0 Å². The molecule has 2 aromatic carbocycles. The SMILES string of the molecule is COC(=O)N[C@H]1CCCC[C@@H]1n1cnc(C(=O)N2CCNC[C@H]2CCNc2cccc(F)c2OC)c1-c1ccccc1. The molecule has 3 N–H and O–H groups in total. The van der Waals surface area contributed by atoms with Crippen molar-refractivity contribution in [2.75, 3.05) is 45.7 Å². The minimum atomic E-state index is -0.460. The van der Waals surface area contributed by atoms with E-state index in [4.69, 9.17) is 14.5 Å². The van der Waals surface area contributed by atoms with Crippen molar-refractivity contribution in [2.24, 2.45) is 0 Å². The van der Waals surface area contributed by atoms with E-state index < -0.39 is 11.9 Å². The molecule has 10 nitrogen and oxygen atoms in total. The molecule has 0 radical (unpaired) electrons. The van der Waals surface area contributed by atoms with Crippen LogP contribution in [-0.4, -0.2) is 78.9 Å². The Bertz CT molecular complexity index is 1370. The highest BCUT2D eigenvalue weighted by atomic mass is 19.1. The Morgan fingerprint density at radius 1 is 1.10 bits per heavy atom. The number of piperazine rings is 1. The fourth-order valence-corrected chi connectivity index (χ4v) is 6.12. The summed E-state index contributed by atoms with van der Waals surface area (Å²) in [5, 5.41) is 9.67. The standard InChI is InChI=1S/C31H39FN6O4/c1-41-29-23(32)11-8-13-25(29)34-16-15-22-19-33-17-18-37(22)30(39)27-28(21-9-4-3-5-10-21)38(20-35-27)26-14-7-6-12-24(26)36-31(40)42-2/h3-5,8-11,13,20,22,24,26,33-34H,6-7,12,14-19H2,1-2H3,(H,36,40)/t22-,24+,26+/m1/s1. The number of hydrogen-bond donors (Lipinski definition) is 3. The average Bonchev–Trinajstić information content (AvgIpc) is 3.47. The van der Waals surface area contributed by atoms with Crippen molar-refractivity contribution in [2.45, 2.75) is 50.2 Å². The van der Waals surface area contributed by atoms with E-state index >= 15 is 0 Å². The fraction of sp³-hybridized carbons (Fsp3) is 0.452. The first-order valence-electron chi connectivity index (χ1n) is 14.6. The molecule has 2 heterocycles. The van der Waals surface area contributed by atoms with Gasteiger partial charge >= 0.3 is 6.09 Å². The van der Waals surface area contributed by atoms with Gasteiger partial charge in [0.25, 0.3) is 5.91 Å². The van der Waals surface area contributed by atoms with Crippen LogP contribution < -0.4 is 20.7 Å². The van der Waals surface area contributed by atoms with Crippen LogP contribution in [0.1, 0.15) is 48.6 Å². The van der Waals surface area contributed by atoms with Crippen LogP contribution in [0.25, 0.3) is 11.3 Å². The van der Waals surface area contributed by atoms with Crippen molar-refractivity contribution < 1.29 is 23.5 Å². The number of amides is 2. The van der Waals surface area contributed by atoms with Gasteiger partial charge < -0.3 is 34.9 Å². The van der Waals surface area contributed by atoms with Crippen molar-refractivity contribution in [1.82, 2.24) is 25.1 Å². The molecule has 1 aromatic heterocycles. The lowest BCUT2D eigenvalue weighted by Gasteiger charge is -2.36. The van der Waals surface area contributed by atoms with E-state index in [-0.39, 0.29) is 29.8 Å². The second-order valence-electron chi connectivity index (χ2n) is 10.7. The third-order valence-corrected chi connectivity index (χ3v) is 8.19. The summed E-state index contributed by atoms with van der Waals surface area (Å²) < 4.78 is 26.3. The molecule has 2 amide bonds. The lowest BCUT2D eigenvalue weighted by molar-refractivity contribution is 0.0624. The molecule has 2 aliphatic rings. The number of rotatable bonds is 9. The number of imidazole rings is 1. The number of ether oxygens (including phenoxy) is 2. The van der Waals surface area contributed by atoms with Crippen LogP contribution in [0.5, 0.6) is 5.75 Å². The maximum Gasteiger partial charge on any atom is 0.407 e. The van der Waals surface area contributed by atoms with Gasteiger partial charge in [-0.15, -0.1) is 0 Å². The molecule has 224 valence electrons. The van der Waals surface area contributed by atoms with E-state index in [0.29, 0.717) is 44.0 Å². The summed E-state index contributed by atoms with van der Waals surface area (Å²) in [6.45, 7) is 2.40. The normalized spacial score (nSPS) is 20.5. The Labute approximate surface area is 245 Å². The number of anilines is 1. The first kappa shape index (κ1) is 29.4. The molecule has 5 rings (SSSR count). The molecule has 0 bridgehead atoms. The summed E-state index contributed by atoms with van der Waals surface area (Å²) in [5.41, 5.74) is 2.62. The Morgan fingerprint density at radius 2 is 1.90 bits per heavy atom. The van der Waals surface area contributed by atoms with Crippen LogP contribution >= 0.6 is 0 Å². The van der Waals surface area contributed by atoms with E-state index in [1.807, 2.05) is 35.2 Å². The largest absolute Gasteiger partial charge is 0.492 e. The number of nitrogens with zero attached hydrogens (tertiary/aromatic N) is 3. The minimum Gasteiger partial charge on any atom is -0.492 e. The smallest absolute Gasteiger partial charge is 0.407 e. The van der Waals surface area contributed by atoms with E-state index in [2.05, 4.69) is 20.5 Å². The summed E-state index contributed by atoms with van der Waals surface area (Å²) in [6.07, 6.45) is 5.62. The third-order valence-electron chi connectivity index (χ3n) is 8.19. The van der Waals surface area contributed by atoms with Gasteiger partial charge in [0, 0.05) is 37.8 Å². The lowest BCUT2D eigenvalue weighted by Crippen LogP contribution is -2.54. The summed E-state index contributed by atoms with van der Waals surface area (Å²) in [7, 11) is 2.81. The molecular formula is C31H39FN6O4. The van der Waals surface area contributed by atoms with E-state index in [9.17, 15) is 14.0 Å². The minimum absolute atomic E-state index is 0.0635. The number of halogens is 1. The van der Waals surface area contributed by atoms with Crippen LogP contribution in [-0.2, 0) is 4.74 Å². The molecule has 1 aliphatic carbocycles. The van der Waals surface area contributed by atoms with Gasteiger partial charge in [-0.05, 0) is 31.4 Å². The van der Waals surface area contributed by atoms with Gasteiger partial charge in [0.2, 0.25) is 0 Å². The average molecular weight is 579 g/mol. The molecular weight excluding hydrogens is 539 g/mol. The maximum atomic E-state index is 14.2. The molecule has 0 unspecified atom stereocenters. The van der Waals surface area contributed by atoms with Crippen LogP contribution in [0, 0.1) is 5.82 Å². The van der Waals surface area contributed by atoms with Crippen LogP contribution in [0.4, 0.5) is 14.9 Å². The van der Waals surface area contributed by atoms with E-state index in [1.165, 1.54) is 20.3 Å². The maximum absolute atomic E-state index is 14.2. The molecule has 3 atom stereocenters. The first-order valence-corrected chi connectivity index (χ1v) is 14.6. The number of methoxy groups -OCH3 is 2. The highest BCUT2D eigenvalue weighted by molar-refractivity contribution is 5.98. The summed E-state index contributed by atoms with van der Waals surface area (Å²) in [5.74, 6) is -0.381. The predicted octanol–water partition coefficient (Wildman–Crippen LogP) is 4.45. The van der Waals surface area contributed by atoms with Gasteiger partial charge in [-0.1, -0.05) is 49.2 Å². The van der Waals surface area contributed by atoms with Gasteiger partial charge in [0.1, 0.15) is 0 Å². The summed E-state index contributed by atoms with van der Waals surface area (Å²) in [6, 6.07) is 14.3. The predicted molar refractivity (Wildman–Crippen MR) is 158 cm³/mol. The number of carbonyl (C=O) groups excluding carboxylic acids is 2. The van der Waals surface area contributed by atoms with Gasteiger partial charge in [-0.25, -0.2) is 14.2 Å². The molecule has 0 spiro atoms. The van der Waals surface area contributed by atoms with Crippen LogP contribution in [0.3, 0.4) is 0 Å². The van der Waals surface area contributed by atoms with Crippen molar-refractivity contribution in [3.63, 3.8) is 0 Å². The van der Waals surface area contributed by atoms with Gasteiger partial charge in [-0.3, -0.25) is 4.79 Å². The topological polar surface area (TPSA) is 110 Å². The summed E-state index contributed by atoms with van der Waals surface area (Å²) in [4.78, 5) is 33.0. The zero-order valence-electron chi connectivity index (χ0n) is 24.1. The van der Waals surface area contributed by atoms with Gasteiger partial charge in [0.05, 0.1) is 44.0 Å². The number of hydrogen-bond acceptors (Lipinski definition) is 7. The second-order valence-corrected chi connectivity index (χ2v) is 10.7. The molecule has 2 fully saturated rings. The lowest BCUT2D eigenvalue weighted by atomic mass is 9.89. The van der Waals surface area contributed by atoms with Crippen molar-refractivity contribution in [3.05, 3.63) is 66.4 Å². The Kier molecular flexibility index (Phi) is 9.58. The first-order chi connectivity index (χ1) is 20.5. The number of benzene rings is 2. The third kappa shape index (κ3) is 6.35. The van der Waals surface area contributed by atoms with E-state index in [1.54, 1.807) is 18.5 Å². The molecule has 3 aromatic rings. The molecule has 1 aliphatic heterocycles. The number of aromatic nitrogens is 2. The molecule has 1 saturated carbocycles. The highest BCUT2D eigenvalue weighted by Gasteiger charge is 2.35. The highest BCUT2D eigenvalue weighted by Crippen LogP contribution is 2.35. The Hall–Kier alpha value is -4.12.